The number of hydrogen-bond acceptors (Lipinski definition) is 2. The number of anilines is 1. The highest BCUT2D eigenvalue weighted by molar-refractivity contribution is 6.00. The molecule has 1 saturated carbocycles. The molecule has 17 heavy (non-hydrogen) atoms. The Morgan fingerprint density at radius 1 is 1.24 bits per heavy atom. The molecule has 0 aromatic heterocycles. The molecule has 1 heterocycles. The molecule has 1 aliphatic carbocycles. The Kier molecular flexibility index (Phi) is 2.35. The number of carbonyl (C=O) groups is 1. The molecule has 1 N–H and O–H groups in total. The minimum absolute atomic E-state index is 0.0373. The molecule has 2 aliphatic rings. The van der Waals surface area contributed by atoms with Crippen LogP contribution in [0.2, 0.25) is 0 Å². The molecular formula is C14H17NO2. The summed E-state index contributed by atoms with van der Waals surface area (Å²) in [5, 5.41) is 3.00. The molecule has 0 unspecified atom stereocenters. The fourth-order valence-electron chi connectivity index (χ4n) is 2.78. The average Bonchev–Trinajstić information content (AvgIpc) is 2.33. The van der Waals surface area contributed by atoms with E-state index in [9.17, 15) is 4.79 Å². The van der Waals surface area contributed by atoms with Gasteiger partial charge in [-0.25, -0.2) is 0 Å². The van der Waals surface area contributed by atoms with Crippen molar-refractivity contribution in [1.29, 1.82) is 0 Å². The maximum Gasteiger partial charge on any atom is 0.268 e. The molecule has 1 amide bonds. The van der Waals surface area contributed by atoms with Crippen LogP contribution in [0.15, 0.2) is 18.2 Å². The third-order valence-corrected chi connectivity index (χ3v) is 3.76. The smallest absolute Gasteiger partial charge is 0.268 e. The van der Waals surface area contributed by atoms with Gasteiger partial charge in [0.05, 0.1) is 5.69 Å². The molecule has 3 rings (SSSR count). The van der Waals surface area contributed by atoms with Gasteiger partial charge in [0.2, 0.25) is 0 Å². The van der Waals surface area contributed by atoms with Gasteiger partial charge in [-0.2, -0.15) is 0 Å². The molecular weight excluding hydrogens is 214 g/mol. The molecule has 0 saturated heterocycles. The van der Waals surface area contributed by atoms with Gasteiger partial charge in [-0.3, -0.25) is 4.79 Å². The number of ether oxygens (including phenoxy) is 1. The van der Waals surface area contributed by atoms with Crippen molar-refractivity contribution in [1.82, 2.24) is 0 Å². The van der Waals surface area contributed by atoms with Crippen molar-refractivity contribution >= 4 is 11.6 Å². The van der Waals surface area contributed by atoms with Gasteiger partial charge in [-0.05, 0) is 50.3 Å². The minimum atomic E-state index is -0.597. The third-order valence-electron chi connectivity index (χ3n) is 3.76. The molecule has 1 aromatic rings. The van der Waals surface area contributed by atoms with Crippen LogP contribution in [-0.4, -0.2) is 11.5 Å². The van der Waals surface area contributed by atoms with Crippen molar-refractivity contribution in [2.24, 2.45) is 0 Å². The summed E-state index contributed by atoms with van der Waals surface area (Å²) in [6.07, 6.45) is 5.04. The maximum absolute atomic E-state index is 12.2. The minimum Gasteiger partial charge on any atom is -0.475 e. The van der Waals surface area contributed by atoms with Gasteiger partial charge in [-0.15, -0.1) is 0 Å². The SMILES string of the molecule is Cc1ccc2c(c1)NC(=O)C1(CCCCC1)O2. The Hall–Kier alpha value is -1.51. The summed E-state index contributed by atoms with van der Waals surface area (Å²) in [7, 11) is 0. The van der Waals surface area contributed by atoms with Gasteiger partial charge >= 0.3 is 0 Å². The standard InChI is InChI=1S/C14H17NO2/c1-10-5-6-12-11(9-10)15-13(16)14(17-12)7-3-2-4-8-14/h5-6,9H,2-4,7-8H2,1H3,(H,15,16). The molecule has 0 bridgehead atoms. The van der Waals surface area contributed by atoms with Crippen molar-refractivity contribution in [2.45, 2.75) is 44.6 Å². The van der Waals surface area contributed by atoms with E-state index in [1.165, 1.54) is 6.42 Å². The van der Waals surface area contributed by atoms with E-state index < -0.39 is 5.60 Å². The summed E-state index contributed by atoms with van der Waals surface area (Å²) in [4.78, 5) is 12.2. The Balaban J connectivity index is 1.97. The number of benzene rings is 1. The summed E-state index contributed by atoms with van der Waals surface area (Å²) in [6.45, 7) is 2.01. The topological polar surface area (TPSA) is 38.3 Å². The number of fused-ring (bicyclic) bond motifs is 1. The molecule has 3 nitrogen and oxygen atoms in total. The Morgan fingerprint density at radius 2 is 2.00 bits per heavy atom. The summed E-state index contributed by atoms with van der Waals surface area (Å²) in [5.41, 5.74) is 1.35. The van der Waals surface area contributed by atoms with Gasteiger partial charge < -0.3 is 10.1 Å². The summed E-state index contributed by atoms with van der Waals surface area (Å²) in [5.74, 6) is 0.854. The van der Waals surface area contributed by atoms with E-state index >= 15 is 0 Å². The zero-order valence-corrected chi connectivity index (χ0v) is 10.1. The number of aryl methyl sites for hydroxylation is 1. The van der Waals surface area contributed by atoms with Crippen molar-refractivity contribution in [3.05, 3.63) is 23.8 Å². The number of amides is 1. The number of rotatable bonds is 0. The molecule has 1 aliphatic heterocycles. The highest BCUT2D eigenvalue weighted by atomic mass is 16.5. The summed E-state index contributed by atoms with van der Waals surface area (Å²) < 4.78 is 6.02. The third kappa shape index (κ3) is 1.70. The highest BCUT2D eigenvalue weighted by Crippen LogP contribution is 2.40. The van der Waals surface area contributed by atoms with Crippen molar-refractivity contribution < 1.29 is 9.53 Å². The second-order valence-electron chi connectivity index (χ2n) is 5.11. The molecule has 1 aromatic carbocycles. The largest absolute Gasteiger partial charge is 0.475 e. The zero-order chi connectivity index (χ0) is 11.9. The van der Waals surface area contributed by atoms with Crippen LogP contribution in [0.1, 0.15) is 37.7 Å². The van der Waals surface area contributed by atoms with E-state index in [4.69, 9.17) is 4.74 Å². The number of carbonyl (C=O) groups excluding carboxylic acids is 1. The predicted octanol–water partition coefficient (Wildman–Crippen LogP) is 3.03. The lowest BCUT2D eigenvalue weighted by Gasteiger charge is -2.39. The molecule has 90 valence electrons. The van der Waals surface area contributed by atoms with Crippen LogP contribution >= 0.6 is 0 Å². The second kappa shape index (κ2) is 3.76. The zero-order valence-electron chi connectivity index (χ0n) is 10.1. The Bertz CT molecular complexity index is 461. The Labute approximate surface area is 101 Å². The normalized spacial score (nSPS) is 21.6. The maximum atomic E-state index is 12.2. The average molecular weight is 231 g/mol. The molecule has 1 fully saturated rings. The molecule has 0 atom stereocenters. The predicted molar refractivity (Wildman–Crippen MR) is 66.3 cm³/mol. The molecule has 1 spiro atoms. The lowest BCUT2D eigenvalue weighted by molar-refractivity contribution is -0.135. The first kappa shape index (κ1) is 10.6. The van der Waals surface area contributed by atoms with E-state index in [1.807, 2.05) is 25.1 Å². The first-order valence-electron chi connectivity index (χ1n) is 6.31. The Morgan fingerprint density at radius 3 is 2.76 bits per heavy atom. The second-order valence-corrected chi connectivity index (χ2v) is 5.11. The quantitative estimate of drug-likeness (QED) is 0.745. The first-order valence-corrected chi connectivity index (χ1v) is 6.31. The van der Waals surface area contributed by atoms with Gasteiger partial charge in [0.15, 0.2) is 5.60 Å². The highest BCUT2D eigenvalue weighted by Gasteiger charge is 2.45. The van der Waals surface area contributed by atoms with E-state index in [0.717, 1.165) is 42.7 Å². The number of hydrogen-bond donors (Lipinski definition) is 1. The van der Waals surface area contributed by atoms with Gasteiger partial charge in [0.25, 0.3) is 5.91 Å². The number of nitrogens with one attached hydrogen (secondary N) is 1. The molecule has 0 radical (unpaired) electrons. The van der Waals surface area contributed by atoms with Gasteiger partial charge in [0.1, 0.15) is 5.75 Å². The lowest BCUT2D eigenvalue weighted by atomic mass is 9.83. The van der Waals surface area contributed by atoms with Crippen LogP contribution in [0.5, 0.6) is 5.75 Å². The van der Waals surface area contributed by atoms with Crippen molar-refractivity contribution in [3.8, 4) is 5.75 Å². The van der Waals surface area contributed by atoms with Crippen LogP contribution in [0.3, 0.4) is 0 Å². The van der Waals surface area contributed by atoms with E-state index in [1.54, 1.807) is 0 Å². The van der Waals surface area contributed by atoms with E-state index in [0.29, 0.717) is 0 Å². The van der Waals surface area contributed by atoms with Crippen LogP contribution in [0.4, 0.5) is 5.69 Å². The van der Waals surface area contributed by atoms with Crippen LogP contribution in [0, 0.1) is 6.92 Å². The van der Waals surface area contributed by atoms with E-state index in [2.05, 4.69) is 5.32 Å². The van der Waals surface area contributed by atoms with Crippen LogP contribution < -0.4 is 10.1 Å². The monoisotopic (exact) mass is 231 g/mol. The lowest BCUT2D eigenvalue weighted by Crippen LogP contribution is -2.51. The summed E-state index contributed by atoms with van der Waals surface area (Å²) in [6, 6.07) is 5.94. The summed E-state index contributed by atoms with van der Waals surface area (Å²) >= 11 is 0. The van der Waals surface area contributed by atoms with Gasteiger partial charge in [-0.1, -0.05) is 12.5 Å². The fraction of sp³-hybridized carbons (Fsp3) is 0.500. The van der Waals surface area contributed by atoms with Gasteiger partial charge in [0, 0.05) is 0 Å². The van der Waals surface area contributed by atoms with Crippen molar-refractivity contribution in [3.63, 3.8) is 0 Å². The molecule has 3 heteroatoms. The first-order chi connectivity index (χ1) is 8.20. The van der Waals surface area contributed by atoms with Crippen LogP contribution in [0.25, 0.3) is 0 Å². The fourth-order valence-corrected chi connectivity index (χ4v) is 2.78. The van der Waals surface area contributed by atoms with E-state index in [-0.39, 0.29) is 5.91 Å². The van der Waals surface area contributed by atoms with Crippen molar-refractivity contribution in [2.75, 3.05) is 5.32 Å². The van der Waals surface area contributed by atoms with Crippen LogP contribution in [-0.2, 0) is 4.79 Å².